The topological polar surface area (TPSA) is 61.8 Å². The number of fused-ring (bicyclic) bond motifs is 1. The Kier molecular flexibility index (Phi) is 8.55. The zero-order valence-corrected chi connectivity index (χ0v) is 21.1. The van der Waals surface area contributed by atoms with E-state index in [1.807, 2.05) is 32.0 Å². The summed E-state index contributed by atoms with van der Waals surface area (Å²) in [6.45, 7) is 8.73. The minimum Gasteiger partial charge on any atom is -0.355 e. The highest BCUT2D eigenvalue weighted by Crippen LogP contribution is 2.34. The quantitative estimate of drug-likeness (QED) is 0.514. The number of hydrogen-bond donors (Lipinski definition) is 1. The fourth-order valence-electron chi connectivity index (χ4n) is 3.80. The smallest absolute Gasteiger partial charge is 0.252 e. The molecular weight excluding hydrogens is 457 g/mol. The van der Waals surface area contributed by atoms with Crippen LogP contribution in [0.3, 0.4) is 0 Å². The molecule has 5 nitrogen and oxygen atoms in total. The lowest BCUT2D eigenvalue weighted by molar-refractivity contribution is -0.125. The third-order valence-electron chi connectivity index (χ3n) is 5.95. The molecule has 0 saturated heterocycles. The van der Waals surface area contributed by atoms with Gasteiger partial charge in [-0.2, -0.15) is 0 Å². The molecule has 2 atom stereocenters. The van der Waals surface area contributed by atoms with E-state index in [0.717, 1.165) is 18.4 Å². The second kappa shape index (κ2) is 11.2. The summed E-state index contributed by atoms with van der Waals surface area (Å²) in [5.41, 5.74) is 2.63. The van der Waals surface area contributed by atoms with Gasteiger partial charge in [0.05, 0.1) is 11.4 Å². The Morgan fingerprint density at radius 1 is 1.12 bits per heavy atom. The average Bonchev–Trinajstić information content (AvgIpc) is 2.88. The Morgan fingerprint density at radius 3 is 2.52 bits per heavy atom. The van der Waals surface area contributed by atoms with Crippen LogP contribution in [0.4, 0.5) is 5.69 Å². The number of carbonyl (C=O) groups excluding carboxylic acids is 2. The summed E-state index contributed by atoms with van der Waals surface area (Å²) >= 11 is 12.9. The van der Waals surface area contributed by atoms with Crippen LogP contribution >= 0.6 is 23.2 Å². The van der Waals surface area contributed by atoms with Crippen LogP contribution in [-0.2, 0) is 9.59 Å². The van der Waals surface area contributed by atoms with Gasteiger partial charge >= 0.3 is 0 Å². The number of nitrogens with zero attached hydrogens (tertiary/aromatic N) is 2. The minimum atomic E-state index is -0.643. The molecule has 0 aliphatic carbocycles. The number of anilines is 1. The molecule has 3 rings (SSSR count). The van der Waals surface area contributed by atoms with Crippen LogP contribution in [0.2, 0.25) is 10.0 Å². The molecule has 0 fully saturated rings. The summed E-state index contributed by atoms with van der Waals surface area (Å²) in [5.74, 6) is 0.0589. The Morgan fingerprint density at radius 2 is 1.85 bits per heavy atom. The van der Waals surface area contributed by atoms with E-state index in [0.29, 0.717) is 39.5 Å². The lowest BCUT2D eigenvalue weighted by Crippen LogP contribution is -2.46. The van der Waals surface area contributed by atoms with Crippen LogP contribution in [0.1, 0.15) is 51.7 Å². The van der Waals surface area contributed by atoms with E-state index < -0.39 is 6.04 Å². The predicted octanol–water partition coefficient (Wildman–Crippen LogP) is 5.75. The summed E-state index contributed by atoms with van der Waals surface area (Å²) in [4.78, 5) is 33.0. The number of hydrogen-bond acceptors (Lipinski definition) is 3. The summed E-state index contributed by atoms with van der Waals surface area (Å²) in [6.07, 6.45) is 1.64. The standard InChI is InChI=1S/C26H31Cl2N3O2/c1-5-17(4)24-26(33)31(15-23(32)29-13-12-16(2)3)22-11-10-18(27)14-20(22)25(30-24)19-8-6-7-9-21(19)28/h6-11,14,16-17,24H,5,12-13,15H2,1-4H3,(H,29,32)/t17-,24+/m1/s1. The summed E-state index contributed by atoms with van der Waals surface area (Å²) in [6, 6.07) is 12.1. The highest BCUT2D eigenvalue weighted by molar-refractivity contribution is 6.37. The van der Waals surface area contributed by atoms with Gasteiger partial charge < -0.3 is 10.2 Å². The third kappa shape index (κ3) is 5.96. The highest BCUT2D eigenvalue weighted by atomic mass is 35.5. The van der Waals surface area contributed by atoms with Crippen molar-refractivity contribution in [2.45, 2.75) is 46.6 Å². The van der Waals surface area contributed by atoms with Gasteiger partial charge in [0.25, 0.3) is 5.91 Å². The molecule has 1 heterocycles. The number of carbonyl (C=O) groups is 2. The SMILES string of the molecule is CC[C@@H](C)[C@@H]1N=C(c2ccccc2Cl)c2cc(Cl)ccc2N(CC(=O)NCCC(C)C)C1=O. The van der Waals surface area contributed by atoms with Crippen molar-refractivity contribution in [1.29, 1.82) is 0 Å². The third-order valence-corrected chi connectivity index (χ3v) is 6.51. The molecule has 1 N–H and O–H groups in total. The maximum atomic E-state index is 13.7. The van der Waals surface area contributed by atoms with Crippen molar-refractivity contribution in [3.8, 4) is 0 Å². The monoisotopic (exact) mass is 487 g/mol. The number of aliphatic imine (C=N–C) groups is 1. The Labute approximate surface area is 206 Å². The van der Waals surface area contributed by atoms with E-state index in [1.165, 1.54) is 0 Å². The van der Waals surface area contributed by atoms with Crippen LogP contribution < -0.4 is 10.2 Å². The molecule has 176 valence electrons. The van der Waals surface area contributed by atoms with E-state index in [4.69, 9.17) is 28.2 Å². The van der Waals surface area contributed by atoms with Gasteiger partial charge in [-0.3, -0.25) is 14.6 Å². The summed E-state index contributed by atoms with van der Waals surface area (Å²) in [5, 5.41) is 3.99. The van der Waals surface area contributed by atoms with Crippen LogP contribution in [-0.4, -0.2) is 36.7 Å². The molecule has 0 radical (unpaired) electrons. The number of benzene rings is 2. The van der Waals surface area contributed by atoms with Gasteiger partial charge in [0.15, 0.2) is 0 Å². The Bertz CT molecular complexity index is 1050. The van der Waals surface area contributed by atoms with E-state index in [-0.39, 0.29) is 24.3 Å². The predicted molar refractivity (Wildman–Crippen MR) is 137 cm³/mol. The largest absolute Gasteiger partial charge is 0.355 e. The van der Waals surface area contributed by atoms with Crippen LogP contribution in [0.15, 0.2) is 47.5 Å². The molecule has 1 aliphatic rings. The number of rotatable bonds is 8. The Balaban J connectivity index is 2.10. The number of amides is 2. The fourth-order valence-corrected chi connectivity index (χ4v) is 4.20. The molecule has 7 heteroatoms. The van der Waals surface area contributed by atoms with Crippen molar-refractivity contribution in [3.05, 3.63) is 63.6 Å². The van der Waals surface area contributed by atoms with Crippen molar-refractivity contribution in [3.63, 3.8) is 0 Å². The molecule has 0 unspecified atom stereocenters. The molecule has 1 aliphatic heterocycles. The number of halogens is 2. The lowest BCUT2D eigenvalue weighted by Gasteiger charge is -2.26. The normalized spacial score (nSPS) is 16.8. The molecule has 2 amide bonds. The van der Waals surface area contributed by atoms with Gasteiger partial charge in [0.2, 0.25) is 5.91 Å². The van der Waals surface area contributed by atoms with E-state index in [1.54, 1.807) is 29.2 Å². The lowest BCUT2D eigenvalue weighted by atomic mass is 9.97. The first-order valence-corrected chi connectivity index (χ1v) is 12.2. The van der Waals surface area contributed by atoms with Crippen molar-refractivity contribution < 1.29 is 9.59 Å². The fraction of sp³-hybridized carbons (Fsp3) is 0.423. The molecule has 2 aromatic carbocycles. The van der Waals surface area contributed by atoms with Crippen molar-refractivity contribution in [2.75, 3.05) is 18.0 Å². The number of benzodiazepines with no additional fused rings is 1. The van der Waals surface area contributed by atoms with E-state index >= 15 is 0 Å². The molecule has 0 spiro atoms. The first-order valence-electron chi connectivity index (χ1n) is 11.4. The van der Waals surface area contributed by atoms with Gasteiger partial charge in [-0.15, -0.1) is 0 Å². The minimum absolute atomic E-state index is 0.0220. The molecular formula is C26H31Cl2N3O2. The maximum Gasteiger partial charge on any atom is 0.252 e. The van der Waals surface area contributed by atoms with Crippen molar-refractivity contribution in [2.24, 2.45) is 16.8 Å². The van der Waals surface area contributed by atoms with Gasteiger partial charge in [0, 0.05) is 27.7 Å². The molecule has 0 aromatic heterocycles. The van der Waals surface area contributed by atoms with Crippen LogP contribution in [0.25, 0.3) is 0 Å². The Hall–Kier alpha value is -2.37. The first kappa shape index (κ1) is 25.3. The molecule has 0 bridgehead atoms. The van der Waals surface area contributed by atoms with Crippen molar-refractivity contribution >= 4 is 46.4 Å². The molecule has 2 aromatic rings. The second-order valence-corrected chi connectivity index (χ2v) is 9.75. The first-order chi connectivity index (χ1) is 15.7. The van der Waals surface area contributed by atoms with Gasteiger partial charge in [0.1, 0.15) is 12.6 Å². The average molecular weight is 488 g/mol. The van der Waals surface area contributed by atoms with Crippen molar-refractivity contribution in [1.82, 2.24) is 5.32 Å². The second-order valence-electron chi connectivity index (χ2n) is 8.91. The summed E-state index contributed by atoms with van der Waals surface area (Å²) < 4.78 is 0. The zero-order chi connectivity index (χ0) is 24.1. The number of nitrogens with one attached hydrogen (secondary N) is 1. The van der Waals surface area contributed by atoms with Crippen LogP contribution in [0, 0.1) is 11.8 Å². The molecule has 0 saturated carbocycles. The van der Waals surface area contributed by atoms with E-state index in [9.17, 15) is 9.59 Å². The highest BCUT2D eigenvalue weighted by Gasteiger charge is 2.36. The van der Waals surface area contributed by atoms with Crippen LogP contribution in [0.5, 0.6) is 0 Å². The maximum absolute atomic E-state index is 13.7. The van der Waals surface area contributed by atoms with E-state index in [2.05, 4.69) is 19.2 Å². The van der Waals surface area contributed by atoms with Gasteiger partial charge in [-0.05, 0) is 42.5 Å². The van der Waals surface area contributed by atoms with Gasteiger partial charge in [-0.25, -0.2) is 0 Å². The zero-order valence-electron chi connectivity index (χ0n) is 19.6. The molecule has 33 heavy (non-hydrogen) atoms. The summed E-state index contributed by atoms with van der Waals surface area (Å²) in [7, 11) is 0. The van der Waals surface area contributed by atoms with Gasteiger partial charge in [-0.1, -0.05) is 75.5 Å².